The van der Waals surface area contributed by atoms with Crippen molar-refractivity contribution in [2.45, 2.75) is 117 Å². The number of nitrogens with one attached hydrogen (secondary N) is 1. The zero-order valence-electron chi connectivity index (χ0n) is 30.6. The third kappa shape index (κ3) is 17.9. The minimum Gasteiger partial charge on any atom is -0.444 e. The van der Waals surface area contributed by atoms with Crippen LogP contribution in [0.25, 0.3) is 0 Å². The number of rotatable bonds is 5. The molecule has 2 atom stereocenters. The van der Waals surface area contributed by atoms with E-state index in [1.807, 2.05) is 6.92 Å². The fourth-order valence-electron chi connectivity index (χ4n) is 4.24. The Hall–Kier alpha value is -3.41. The van der Waals surface area contributed by atoms with Crippen LogP contribution in [0.4, 0.5) is 35.9 Å². The Morgan fingerprint density at radius 3 is 1.71 bits per heavy atom. The molecule has 0 aliphatic carbocycles. The number of carbonyl (C=O) groups excluding carboxylic acids is 4. The van der Waals surface area contributed by atoms with Crippen molar-refractivity contribution in [1.82, 2.24) is 10.2 Å². The number of imide groups is 1. The maximum atomic E-state index is 13.1. The molecule has 2 saturated heterocycles. The predicted molar refractivity (Wildman–Crippen MR) is 190 cm³/mol. The summed E-state index contributed by atoms with van der Waals surface area (Å²) in [6.45, 7) is 16.1. The monoisotopic (exact) mass is 860 g/mol. The normalized spacial score (nSPS) is 15.9. The first-order valence-corrected chi connectivity index (χ1v) is 17.6. The van der Waals surface area contributed by atoms with Crippen molar-refractivity contribution >= 4 is 46.5 Å². The van der Waals surface area contributed by atoms with Crippen LogP contribution in [0.2, 0.25) is 0 Å². The molecule has 3 amide bonds. The van der Waals surface area contributed by atoms with Gasteiger partial charge in [-0.2, -0.15) is 0 Å². The van der Waals surface area contributed by atoms with E-state index in [4.69, 9.17) is 14.2 Å². The van der Waals surface area contributed by atoms with Gasteiger partial charge in [-0.3, -0.25) is 9.59 Å². The molecule has 2 aromatic rings. The van der Waals surface area contributed by atoms with Gasteiger partial charge in [0, 0.05) is 47.3 Å². The minimum atomic E-state index is -1.61. The van der Waals surface area contributed by atoms with Gasteiger partial charge in [-0.1, -0.05) is 0 Å². The van der Waals surface area contributed by atoms with Gasteiger partial charge in [-0.15, -0.1) is 0 Å². The number of halogens is 7. The van der Waals surface area contributed by atoms with Crippen LogP contribution in [0, 0.1) is 38.5 Å². The first kappa shape index (κ1) is 46.6. The number of hydrogen-bond acceptors (Lipinski definition) is 7. The first-order chi connectivity index (χ1) is 23.9. The van der Waals surface area contributed by atoms with Crippen LogP contribution in [0.1, 0.15) is 104 Å². The van der Waals surface area contributed by atoms with Crippen LogP contribution >= 0.6 is 22.6 Å². The highest BCUT2D eigenvalue weighted by Gasteiger charge is 2.35. The van der Waals surface area contributed by atoms with Crippen molar-refractivity contribution < 1.29 is 59.7 Å². The quantitative estimate of drug-likeness (QED) is 0.105. The third-order valence-corrected chi connectivity index (χ3v) is 7.35. The summed E-state index contributed by atoms with van der Waals surface area (Å²) < 4.78 is 91.1. The molecule has 0 unspecified atom stereocenters. The van der Waals surface area contributed by atoms with Crippen LogP contribution in [-0.2, 0) is 19.0 Å². The summed E-state index contributed by atoms with van der Waals surface area (Å²) >= 11 is 1.70. The Morgan fingerprint density at radius 1 is 0.865 bits per heavy atom. The lowest BCUT2D eigenvalue weighted by molar-refractivity contribution is -0.127. The van der Waals surface area contributed by atoms with Gasteiger partial charge in [0.2, 0.25) is 5.91 Å². The minimum absolute atomic E-state index is 0.0302. The SMILES string of the molecule is C1CCOC1.C[C@@H](CCC(=O)c1cc(F)c(F)c(F)c1)NC(=O)OC(C)(C)C.C[C@H]1CCC(=O)N1C(=O)OC(C)(C)C.Fc1cc(I)cc(F)c1F. The lowest BCUT2D eigenvalue weighted by Gasteiger charge is -2.25. The average Bonchev–Trinajstić information content (AvgIpc) is 3.69. The molecule has 16 heteroatoms. The standard InChI is InChI=1S/C16H20F3NO3.C10H17NO3.C6H2F3I.C4H8O/c1-9(20-15(22)23-16(2,3)4)5-6-13(21)10-7-11(17)14(19)12(18)8-10;1-7-5-6-8(12)11(7)9(13)14-10(2,3)4;7-4-1-3(10)2-5(8)6(4)9;1-2-4-5-3-1/h7-9H,5-6H2,1-4H3,(H,20,22);7H,5-6H2,1-4H3;1-2H;1-4H2/t9-;7-;;/m00../s1. The zero-order valence-corrected chi connectivity index (χ0v) is 32.7. The summed E-state index contributed by atoms with van der Waals surface area (Å²) in [5, 5.41) is 2.55. The molecule has 2 heterocycles. The van der Waals surface area contributed by atoms with E-state index in [-0.39, 0.29) is 36.4 Å². The summed E-state index contributed by atoms with van der Waals surface area (Å²) in [7, 11) is 0. The zero-order chi connectivity index (χ0) is 40.0. The van der Waals surface area contributed by atoms with Gasteiger partial charge >= 0.3 is 12.2 Å². The van der Waals surface area contributed by atoms with Crippen molar-refractivity contribution in [2.24, 2.45) is 0 Å². The topological polar surface area (TPSA) is 111 Å². The van der Waals surface area contributed by atoms with Crippen molar-refractivity contribution in [3.63, 3.8) is 0 Å². The molecule has 4 rings (SSSR count). The molecule has 2 fully saturated rings. The molecule has 2 aliphatic heterocycles. The van der Waals surface area contributed by atoms with Gasteiger partial charge < -0.3 is 19.5 Å². The third-order valence-electron chi connectivity index (χ3n) is 6.72. The molecule has 1 N–H and O–H groups in total. The summed E-state index contributed by atoms with van der Waals surface area (Å²) in [6, 6.07) is 2.78. The number of likely N-dealkylation sites (tertiary alicyclic amines) is 1. The molecule has 2 aliphatic rings. The van der Waals surface area contributed by atoms with Crippen molar-refractivity contribution in [3.8, 4) is 0 Å². The molecule has 0 aromatic heterocycles. The van der Waals surface area contributed by atoms with E-state index in [1.165, 1.54) is 17.7 Å². The summed E-state index contributed by atoms with van der Waals surface area (Å²) in [5.74, 6) is -8.82. The number of hydrogen-bond donors (Lipinski definition) is 1. The molecule has 2 aromatic carbocycles. The number of carbonyl (C=O) groups is 4. The largest absolute Gasteiger partial charge is 0.444 e. The maximum absolute atomic E-state index is 13.1. The highest BCUT2D eigenvalue weighted by molar-refractivity contribution is 14.1. The van der Waals surface area contributed by atoms with Gasteiger partial charge in [0.1, 0.15) is 11.2 Å². The average molecular weight is 861 g/mol. The highest BCUT2D eigenvalue weighted by Crippen LogP contribution is 2.21. The second kappa shape index (κ2) is 21.3. The smallest absolute Gasteiger partial charge is 0.417 e. The van der Waals surface area contributed by atoms with Gasteiger partial charge in [0.05, 0.1) is 0 Å². The van der Waals surface area contributed by atoms with Crippen LogP contribution in [0.3, 0.4) is 0 Å². The number of ketones is 1. The van der Waals surface area contributed by atoms with Crippen molar-refractivity contribution in [3.05, 3.63) is 68.3 Å². The van der Waals surface area contributed by atoms with E-state index in [1.54, 1.807) is 71.1 Å². The Kier molecular flexibility index (Phi) is 19.1. The van der Waals surface area contributed by atoms with Crippen LogP contribution in [-0.4, -0.2) is 65.3 Å². The summed E-state index contributed by atoms with van der Waals surface area (Å²) in [6.07, 6.45) is 2.79. The fourth-order valence-corrected chi connectivity index (χ4v) is 4.79. The molecular formula is C36H47F6IN2O7. The summed E-state index contributed by atoms with van der Waals surface area (Å²) in [5.41, 5.74) is -1.42. The number of Topliss-reactive ketones (excluding diaryl/α,β-unsaturated/α-hetero) is 1. The number of amides is 3. The van der Waals surface area contributed by atoms with E-state index in [0.717, 1.165) is 31.8 Å². The number of alkyl carbamates (subject to hydrolysis) is 1. The number of nitrogens with zero attached hydrogens (tertiary/aromatic N) is 1. The predicted octanol–water partition coefficient (Wildman–Crippen LogP) is 9.42. The molecule has 0 saturated carbocycles. The van der Waals surface area contributed by atoms with E-state index >= 15 is 0 Å². The molecule has 292 valence electrons. The molecule has 52 heavy (non-hydrogen) atoms. The van der Waals surface area contributed by atoms with E-state index in [9.17, 15) is 45.5 Å². The lowest BCUT2D eigenvalue weighted by Crippen LogP contribution is -2.41. The molecular weight excluding hydrogens is 813 g/mol. The molecule has 9 nitrogen and oxygen atoms in total. The first-order valence-electron chi connectivity index (χ1n) is 16.5. The van der Waals surface area contributed by atoms with Crippen LogP contribution in [0.5, 0.6) is 0 Å². The van der Waals surface area contributed by atoms with E-state index < -0.39 is 64.1 Å². The van der Waals surface area contributed by atoms with Crippen LogP contribution in [0.15, 0.2) is 24.3 Å². The Bertz CT molecular complexity index is 1470. The highest BCUT2D eigenvalue weighted by atomic mass is 127. The molecule has 0 bridgehead atoms. The van der Waals surface area contributed by atoms with Gasteiger partial charge in [-0.05, 0) is 128 Å². The van der Waals surface area contributed by atoms with Crippen LogP contribution < -0.4 is 5.32 Å². The molecule has 0 radical (unpaired) electrons. The number of benzene rings is 2. The maximum Gasteiger partial charge on any atom is 0.417 e. The Labute approximate surface area is 314 Å². The van der Waals surface area contributed by atoms with Crippen molar-refractivity contribution in [2.75, 3.05) is 13.2 Å². The second-order valence-corrected chi connectivity index (χ2v) is 15.1. The van der Waals surface area contributed by atoms with E-state index in [2.05, 4.69) is 5.32 Å². The second-order valence-electron chi connectivity index (χ2n) is 13.9. The van der Waals surface area contributed by atoms with E-state index in [0.29, 0.717) is 22.1 Å². The Morgan fingerprint density at radius 2 is 1.33 bits per heavy atom. The van der Waals surface area contributed by atoms with Gasteiger partial charge in [0.25, 0.3) is 0 Å². The molecule has 0 spiro atoms. The Balaban J connectivity index is 0.000000392. The van der Waals surface area contributed by atoms with Crippen molar-refractivity contribution in [1.29, 1.82) is 0 Å². The van der Waals surface area contributed by atoms with Gasteiger partial charge in [0.15, 0.2) is 40.7 Å². The fraction of sp³-hybridized carbons (Fsp3) is 0.556. The van der Waals surface area contributed by atoms with Gasteiger partial charge in [-0.25, -0.2) is 40.8 Å². The number of ether oxygens (including phenoxy) is 3. The lowest BCUT2D eigenvalue weighted by atomic mass is 10.0. The summed E-state index contributed by atoms with van der Waals surface area (Å²) in [4.78, 5) is 47.5.